The van der Waals surface area contributed by atoms with Gasteiger partial charge in [0, 0.05) is 18.7 Å². The van der Waals surface area contributed by atoms with Crippen molar-refractivity contribution in [2.45, 2.75) is 19.3 Å². The maximum absolute atomic E-state index is 11.5. The van der Waals surface area contributed by atoms with Crippen molar-refractivity contribution in [2.24, 2.45) is 5.92 Å². The quantitative estimate of drug-likeness (QED) is 0.817. The lowest BCUT2D eigenvalue weighted by molar-refractivity contribution is -0.116. The third-order valence-corrected chi connectivity index (χ3v) is 2.41. The maximum Gasteiger partial charge on any atom is 0.225 e. The summed E-state index contributed by atoms with van der Waals surface area (Å²) in [6.07, 6.45) is 4.59. The second-order valence-corrected chi connectivity index (χ2v) is 3.78. The number of amides is 1. The van der Waals surface area contributed by atoms with Crippen LogP contribution in [0.1, 0.15) is 19.3 Å². The molecule has 1 fully saturated rings. The summed E-state index contributed by atoms with van der Waals surface area (Å²) in [7, 11) is 1.59. The predicted molar refractivity (Wildman–Crippen MR) is 56.8 cm³/mol. The average molecular weight is 206 g/mol. The van der Waals surface area contributed by atoms with E-state index < -0.39 is 0 Å². The van der Waals surface area contributed by atoms with E-state index in [9.17, 15) is 4.79 Å². The number of hydrogen-bond acceptors (Lipinski definition) is 3. The lowest BCUT2D eigenvalue weighted by Gasteiger charge is -2.05. The van der Waals surface area contributed by atoms with Crippen molar-refractivity contribution >= 4 is 11.7 Å². The van der Waals surface area contributed by atoms with Crippen LogP contribution in [0.15, 0.2) is 18.3 Å². The summed E-state index contributed by atoms with van der Waals surface area (Å²) in [5.41, 5.74) is 0. The van der Waals surface area contributed by atoms with Crippen LogP contribution < -0.4 is 10.1 Å². The Hall–Kier alpha value is -1.58. The first-order valence-electron chi connectivity index (χ1n) is 5.08. The van der Waals surface area contributed by atoms with E-state index in [4.69, 9.17) is 4.74 Å². The van der Waals surface area contributed by atoms with Gasteiger partial charge in [0.25, 0.3) is 0 Å². The number of aromatic nitrogens is 1. The Morgan fingerprint density at radius 3 is 3.13 bits per heavy atom. The molecule has 4 nitrogen and oxygen atoms in total. The minimum atomic E-state index is 0.0400. The van der Waals surface area contributed by atoms with E-state index in [0.717, 1.165) is 0 Å². The second kappa shape index (κ2) is 4.29. The molecule has 1 N–H and O–H groups in total. The summed E-state index contributed by atoms with van der Waals surface area (Å²) in [5, 5.41) is 2.76. The normalized spacial score (nSPS) is 14.7. The van der Waals surface area contributed by atoms with Crippen molar-refractivity contribution in [3.8, 4) is 5.75 Å². The van der Waals surface area contributed by atoms with Crippen molar-refractivity contribution in [1.29, 1.82) is 0 Å². The largest absolute Gasteiger partial charge is 0.497 e. The molecule has 2 rings (SSSR count). The monoisotopic (exact) mass is 206 g/mol. The molecule has 0 atom stereocenters. The van der Waals surface area contributed by atoms with Gasteiger partial charge in [0.05, 0.1) is 7.11 Å². The van der Waals surface area contributed by atoms with E-state index in [2.05, 4.69) is 10.3 Å². The number of carbonyl (C=O) groups is 1. The van der Waals surface area contributed by atoms with Gasteiger partial charge in [-0.3, -0.25) is 4.79 Å². The molecule has 0 unspecified atom stereocenters. The van der Waals surface area contributed by atoms with Crippen LogP contribution in [0.3, 0.4) is 0 Å². The summed E-state index contributed by atoms with van der Waals surface area (Å²) >= 11 is 0. The summed E-state index contributed by atoms with van der Waals surface area (Å²) in [6.45, 7) is 0. The van der Waals surface area contributed by atoms with E-state index in [1.807, 2.05) is 0 Å². The van der Waals surface area contributed by atoms with Crippen LogP contribution in [0.4, 0.5) is 5.82 Å². The molecule has 15 heavy (non-hydrogen) atoms. The topological polar surface area (TPSA) is 51.2 Å². The first-order chi connectivity index (χ1) is 7.28. The number of methoxy groups -OCH3 is 1. The first kappa shape index (κ1) is 9.96. The zero-order valence-corrected chi connectivity index (χ0v) is 8.69. The molecule has 80 valence electrons. The van der Waals surface area contributed by atoms with Gasteiger partial charge in [0.1, 0.15) is 11.6 Å². The lowest BCUT2D eigenvalue weighted by atomic mass is 10.3. The van der Waals surface area contributed by atoms with Crippen LogP contribution in [0.2, 0.25) is 0 Å². The molecule has 0 spiro atoms. The Morgan fingerprint density at radius 1 is 1.67 bits per heavy atom. The van der Waals surface area contributed by atoms with Gasteiger partial charge in [-0.2, -0.15) is 0 Å². The Bertz CT molecular complexity index is 361. The molecule has 0 radical (unpaired) electrons. The zero-order valence-electron chi connectivity index (χ0n) is 8.69. The summed E-state index contributed by atoms with van der Waals surface area (Å²) in [6, 6.07) is 3.46. The molecule has 1 aromatic rings. The van der Waals surface area contributed by atoms with Crippen molar-refractivity contribution in [2.75, 3.05) is 12.4 Å². The van der Waals surface area contributed by atoms with Crippen molar-refractivity contribution in [3.63, 3.8) is 0 Å². The molecule has 1 aliphatic carbocycles. The van der Waals surface area contributed by atoms with E-state index >= 15 is 0 Å². The Kier molecular flexibility index (Phi) is 2.85. The Morgan fingerprint density at radius 2 is 2.47 bits per heavy atom. The van der Waals surface area contributed by atoms with Gasteiger partial charge in [-0.05, 0) is 24.8 Å². The smallest absolute Gasteiger partial charge is 0.225 e. The molecule has 1 aromatic heterocycles. The molecule has 0 saturated heterocycles. The molecule has 1 aliphatic rings. The van der Waals surface area contributed by atoms with Crippen LogP contribution in [0.5, 0.6) is 5.75 Å². The van der Waals surface area contributed by atoms with Gasteiger partial charge in [0.15, 0.2) is 0 Å². The zero-order chi connectivity index (χ0) is 10.7. The Balaban J connectivity index is 1.93. The minimum Gasteiger partial charge on any atom is -0.497 e. The fraction of sp³-hybridized carbons (Fsp3) is 0.455. The number of anilines is 1. The number of pyridine rings is 1. The molecular weight excluding hydrogens is 192 g/mol. The van der Waals surface area contributed by atoms with Crippen molar-refractivity contribution < 1.29 is 9.53 Å². The SMILES string of the molecule is COc1ccnc(NC(=O)CC2CC2)c1. The molecule has 1 saturated carbocycles. The molecular formula is C11H14N2O2. The van der Waals surface area contributed by atoms with Gasteiger partial charge in [-0.15, -0.1) is 0 Å². The van der Waals surface area contributed by atoms with Gasteiger partial charge >= 0.3 is 0 Å². The van der Waals surface area contributed by atoms with E-state index in [-0.39, 0.29) is 5.91 Å². The molecule has 1 heterocycles. The third kappa shape index (κ3) is 2.94. The highest BCUT2D eigenvalue weighted by molar-refractivity contribution is 5.90. The molecule has 4 heteroatoms. The van der Waals surface area contributed by atoms with Crippen LogP contribution in [0.25, 0.3) is 0 Å². The van der Waals surface area contributed by atoms with Gasteiger partial charge < -0.3 is 10.1 Å². The third-order valence-electron chi connectivity index (χ3n) is 2.41. The van der Waals surface area contributed by atoms with E-state index in [0.29, 0.717) is 23.9 Å². The van der Waals surface area contributed by atoms with Gasteiger partial charge in [-0.25, -0.2) is 4.98 Å². The fourth-order valence-corrected chi connectivity index (χ4v) is 1.38. The molecule has 0 aliphatic heterocycles. The predicted octanol–water partition coefficient (Wildman–Crippen LogP) is 1.83. The average Bonchev–Trinajstić information content (AvgIpc) is 3.02. The van der Waals surface area contributed by atoms with Crippen LogP contribution in [-0.2, 0) is 4.79 Å². The number of nitrogens with one attached hydrogen (secondary N) is 1. The van der Waals surface area contributed by atoms with Gasteiger partial charge in [0.2, 0.25) is 5.91 Å². The molecule has 1 amide bonds. The number of nitrogens with zero attached hydrogens (tertiary/aromatic N) is 1. The lowest BCUT2D eigenvalue weighted by Crippen LogP contribution is -2.12. The van der Waals surface area contributed by atoms with Gasteiger partial charge in [-0.1, -0.05) is 0 Å². The van der Waals surface area contributed by atoms with Crippen LogP contribution in [-0.4, -0.2) is 18.0 Å². The summed E-state index contributed by atoms with van der Waals surface area (Å²) in [4.78, 5) is 15.5. The second-order valence-electron chi connectivity index (χ2n) is 3.78. The first-order valence-corrected chi connectivity index (χ1v) is 5.08. The van der Waals surface area contributed by atoms with Crippen molar-refractivity contribution in [3.05, 3.63) is 18.3 Å². The number of carbonyl (C=O) groups excluding carboxylic acids is 1. The number of ether oxygens (including phenoxy) is 1. The van der Waals surface area contributed by atoms with E-state index in [1.165, 1.54) is 12.8 Å². The number of rotatable bonds is 4. The Labute approximate surface area is 88.7 Å². The van der Waals surface area contributed by atoms with Crippen LogP contribution in [0, 0.1) is 5.92 Å². The van der Waals surface area contributed by atoms with Crippen LogP contribution >= 0.6 is 0 Å². The minimum absolute atomic E-state index is 0.0400. The van der Waals surface area contributed by atoms with E-state index in [1.54, 1.807) is 25.4 Å². The van der Waals surface area contributed by atoms with Crippen molar-refractivity contribution in [1.82, 2.24) is 4.98 Å². The maximum atomic E-state index is 11.5. The highest BCUT2D eigenvalue weighted by Crippen LogP contribution is 2.32. The molecule has 0 aromatic carbocycles. The number of hydrogen-bond donors (Lipinski definition) is 1. The highest BCUT2D eigenvalue weighted by atomic mass is 16.5. The summed E-state index contributed by atoms with van der Waals surface area (Å²) in [5.74, 6) is 1.89. The fourth-order valence-electron chi connectivity index (χ4n) is 1.38. The molecule has 0 bridgehead atoms. The highest BCUT2D eigenvalue weighted by Gasteiger charge is 2.24. The summed E-state index contributed by atoms with van der Waals surface area (Å²) < 4.78 is 5.04. The standard InChI is InChI=1S/C11H14N2O2/c1-15-9-4-5-12-10(7-9)13-11(14)6-8-2-3-8/h4-5,7-8H,2-3,6H2,1H3,(H,12,13,14).